The van der Waals surface area contributed by atoms with Crippen molar-refractivity contribution in [2.75, 3.05) is 18.5 Å². The average Bonchev–Trinajstić information content (AvgIpc) is 2.81. The fourth-order valence-corrected chi connectivity index (χ4v) is 3.70. The number of aryl methyl sites for hydroxylation is 1. The third-order valence-electron chi connectivity index (χ3n) is 5.35. The maximum absolute atomic E-state index is 13.5. The molecule has 0 bridgehead atoms. The number of pyridine rings is 1. The Kier molecular flexibility index (Phi) is 6.03. The van der Waals surface area contributed by atoms with Gasteiger partial charge in [-0.3, -0.25) is 9.59 Å². The number of Topliss-reactive ketones (excluding diaryl/α,β-unsaturated/α-hetero) is 1. The van der Waals surface area contributed by atoms with Gasteiger partial charge < -0.3 is 14.6 Å². The quantitative estimate of drug-likeness (QED) is 0.330. The Morgan fingerprint density at radius 1 is 1.00 bits per heavy atom. The number of carbonyl (C=O) groups excluding carboxylic acids is 1. The van der Waals surface area contributed by atoms with Crippen molar-refractivity contribution in [3.05, 3.63) is 94.4 Å². The van der Waals surface area contributed by atoms with Crippen molar-refractivity contribution in [2.24, 2.45) is 7.05 Å². The van der Waals surface area contributed by atoms with Gasteiger partial charge >= 0.3 is 0 Å². The predicted molar refractivity (Wildman–Crippen MR) is 125 cm³/mol. The molecule has 0 atom stereocenters. The maximum atomic E-state index is 13.5. The molecular formula is C26H23FN2O3. The molecule has 0 aliphatic rings. The zero-order valence-electron chi connectivity index (χ0n) is 17.9. The predicted octanol–water partition coefficient (Wildman–Crippen LogP) is 5.04. The Morgan fingerprint density at radius 3 is 2.38 bits per heavy atom. The van der Waals surface area contributed by atoms with Crippen LogP contribution in [0.15, 0.2) is 77.6 Å². The first kappa shape index (κ1) is 21.3. The third kappa shape index (κ3) is 4.25. The van der Waals surface area contributed by atoms with E-state index in [-0.39, 0.29) is 29.4 Å². The molecule has 4 rings (SSSR count). The molecule has 162 valence electrons. The number of halogens is 1. The van der Waals surface area contributed by atoms with Crippen LogP contribution in [0, 0.1) is 5.82 Å². The molecule has 0 aliphatic heterocycles. The number of para-hydroxylation sites is 1. The number of hydrogen-bond donors (Lipinski definition) is 1. The summed E-state index contributed by atoms with van der Waals surface area (Å²) in [7, 11) is 1.86. The van der Waals surface area contributed by atoms with Crippen LogP contribution in [0.5, 0.6) is 5.75 Å². The fourth-order valence-electron chi connectivity index (χ4n) is 3.70. The van der Waals surface area contributed by atoms with Crippen molar-refractivity contribution in [3.63, 3.8) is 0 Å². The van der Waals surface area contributed by atoms with Gasteiger partial charge in [-0.25, -0.2) is 4.39 Å². The van der Waals surface area contributed by atoms with Crippen LogP contribution in [-0.4, -0.2) is 23.5 Å². The number of aromatic nitrogens is 1. The number of rotatable bonds is 7. The molecule has 1 aromatic heterocycles. The molecular weight excluding hydrogens is 407 g/mol. The summed E-state index contributed by atoms with van der Waals surface area (Å²) in [6, 6.07) is 20.5. The lowest BCUT2D eigenvalue weighted by molar-refractivity contribution is 0.101. The van der Waals surface area contributed by atoms with Gasteiger partial charge in [0.2, 0.25) is 5.43 Å². The summed E-state index contributed by atoms with van der Waals surface area (Å²) in [5.74, 6) is -0.103. The Hall–Kier alpha value is -3.93. The third-order valence-corrected chi connectivity index (χ3v) is 5.35. The van der Waals surface area contributed by atoms with Gasteiger partial charge in [0.05, 0.1) is 11.2 Å². The number of nitrogens with one attached hydrogen (secondary N) is 1. The molecule has 0 saturated heterocycles. The van der Waals surface area contributed by atoms with E-state index in [1.165, 1.54) is 19.1 Å². The Bertz CT molecular complexity index is 1330. The number of nitrogens with zero attached hydrogens (tertiary/aromatic N) is 1. The summed E-state index contributed by atoms with van der Waals surface area (Å²) in [6.07, 6.45) is 0. The molecule has 1 heterocycles. The summed E-state index contributed by atoms with van der Waals surface area (Å²) in [4.78, 5) is 24.6. The molecule has 1 N–H and O–H groups in total. The highest BCUT2D eigenvalue weighted by molar-refractivity contribution is 5.94. The normalized spacial score (nSPS) is 10.8. The van der Waals surface area contributed by atoms with Crippen molar-refractivity contribution in [2.45, 2.75) is 6.92 Å². The fraction of sp³-hybridized carbons (Fsp3) is 0.154. The average molecular weight is 430 g/mol. The summed E-state index contributed by atoms with van der Waals surface area (Å²) >= 11 is 0. The van der Waals surface area contributed by atoms with Gasteiger partial charge in [0, 0.05) is 35.8 Å². The minimum absolute atomic E-state index is 0.0142. The number of ether oxygens (including phenoxy) is 1. The first-order valence-electron chi connectivity index (χ1n) is 10.3. The summed E-state index contributed by atoms with van der Waals surface area (Å²) < 4.78 is 21.4. The van der Waals surface area contributed by atoms with Gasteiger partial charge in [-0.2, -0.15) is 0 Å². The standard InChI is InChI=1S/C26H23FN2O3/c1-17(30)18-9-13-21(14-10-18)28-15-16-32-26-24(19-7-11-20(27)12-8-19)29(2)23-6-4-3-5-22(23)25(26)31/h3-14,28H,15-16H2,1-2H3. The van der Waals surface area contributed by atoms with Crippen LogP contribution < -0.4 is 15.5 Å². The monoisotopic (exact) mass is 430 g/mol. The lowest BCUT2D eigenvalue weighted by Gasteiger charge is -2.18. The molecule has 0 saturated carbocycles. The van der Waals surface area contributed by atoms with Crippen LogP contribution >= 0.6 is 0 Å². The van der Waals surface area contributed by atoms with Gasteiger partial charge in [0.15, 0.2) is 11.5 Å². The molecule has 0 fully saturated rings. The minimum atomic E-state index is -0.345. The van der Waals surface area contributed by atoms with E-state index in [9.17, 15) is 14.0 Å². The van der Waals surface area contributed by atoms with Crippen molar-refractivity contribution < 1.29 is 13.9 Å². The number of hydrogen-bond acceptors (Lipinski definition) is 4. The Labute approximate surface area is 185 Å². The second-order valence-electron chi connectivity index (χ2n) is 7.50. The topological polar surface area (TPSA) is 60.3 Å². The zero-order chi connectivity index (χ0) is 22.7. The minimum Gasteiger partial charge on any atom is -0.486 e. The number of benzene rings is 3. The summed E-state index contributed by atoms with van der Waals surface area (Å²) in [6.45, 7) is 2.23. The van der Waals surface area contributed by atoms with Gasteiger partial charge in [0.25, 0.3) is 0 Å². The zero-order valence-corrected chi connectivity index (χ0v) is 17.9. The van der Waals surface area contributed by atoms with E-state index in [4.69, 9.17) is 4.74 Å². The van der Waals surface area contributed by atoms with Crippen LogP contribution in [0.2, 0.25) is 0 Å². The first-order valence-corrected chi connectivity index (χ1v) is 10.3. The van der Waals surface area contributed by atoms with Gasteiger partial charge in [-0.15, -0.1) is 0 Å². The molecule has 0 aliphatic carbocycles. The maximum Gasteiger partial charge on any atom is 0.231 e. The molecule has 0 unspecified atom stereocenters. The molecule has 5 nitrogen and oxygen atoms in total. The van der Waals surface area contributed by atoms with E-state index in [1.807, 2.05) is 41.9 Å². The van der Waals surface area contributed by atoms with E-state index in [1.54, 1.807) is 30.3 Å². The lowest BCUT2D eigenvalue weighted by atomic mass is 10.1. The number of anilines is 1. The smallest absolute Gasteiger partial charge is 0.231 e. The van der Waals surface area contributed by atoms with Crippen molar-refractivity contribution >= 4 is 22.4 Å². The number of fused-ring (bicyclic) bond motifs is 1. The van der Waals surface area contributed by atoms with Gasteiger partial charge in [0.1, 0.15) is 12.4 Å². The van der Waals surface area contributed by atoms with E-state index >= 15 is 0 Å². The van der Waals surface area contributed by atoms with Crippen LogP contribution in [0.3, 0.4) is 0 Å². The van der Waals surface area contributed by atoms with Gasteiger partial charge in [-0.1, -0.05) is 12.1 Å². The second-order valence-corrected chi connectivity index (χ2v) is 7.50. The van der Waals surface area contributed by atoms with Crippen LogP contribution in [0.4, 0.5) is 10.1 Å². The van der Waals surface area contributed by atoms with Crippen LogP contribution in [0.25, 0.3) is 22.2 Å². The molecule has 4 aromatic rings. The van der Waals surface area contributed by atoms with Crippen LogP contribution in [-0.2, 0) is 7.05 Å². The largest absolute Gasteiger partial charge is 0.486 e. The van der Waals surface area contributed by atoms with Crippen LogP contribution in [0.1, 0.15) is 17.3 Å². The first-order chi connectivity index (χ1) is 15.5. The molecule has 0 radical (unpaired) electrons. The molecule has 0 amide bonds. The highest BCUT2D eigenvalue weighted by Gasteiger charge is 2.18. The Morgan fingerprint density at radius 2 is 1.69 bits per heavy atom. The van der Waals surface area contributed by atoms with E-state index in [0.29, 0.717) is 28.8 Å². The van der Waals surface area contributed by atoms with E-state index in [2.05, 4.69) is 5.32 Å². The van der Waals surface area contributed by atoms with Crippen molar-refractivity contribution in [1.82, 2.24) is 4.57 Å². The second kappa shape index (κ2) is 9.06. The molecule has 6 heteroatoms. The van der Waals surface area contributed by atoms with E-state index < -0.39 is 0 Å². The van der Waals surface area contributed by atoms with Crippen molar-refractivity contribution in [1.29, 1.82) is 0 Å². The summed E-state index contributed by atoms with van der Waals surface area (Å²) in [5.41, 5.74) is 3.36. The molecule has 32 heavy (non-hydrogen) atoms. The van der Waals surface area contributed by atoms with Gasteiger partial charge in [-0.05, 0) is 67.6 Å². The highest BCUT2D eigenvalue weighted by Crippen LogP contribution is 2.30. The van der Waals surface area contributed by atoms with E-state index in [0.717, 1.165) is 11.2 Å². The number of ketones is 1. The molecule has 3 aromatic carbocycles. The van der Waals surface area contributed by atoms with Crippen molar-refractivity contribution in [3.8, 4) is 17.0 Å². The Balaban J connectivity index is 1.61. The highest BCUT2D eigenvalue weighted by atomic mass is 19.1. The number of carbonyl (C=O) groups is 1. The SMILES string of the molecule is CC(=O)c1ccc(NCCOc2c(-c3ccc(F)cc3)n(C)c3ccccc3c2=O)cc1. The molecule has 0 spiro atoms. The lowest BCUT2D eigenvalue weighted by Crippen LogP contribution is -2.19. The summed E-state index contributed by atoms with van der Waals surface area (Å²) in [5, 5.41) is 3.78.